The number of nitrogens with zero attached hydrogens (tertiary/aromatic N) is 3. The highest BCUT2D eigenvalue weighted by atomic mass is 15.2. The molecule has 0 bridgehead atoms. The van der Waals surface area contributed by atoms with Crippen molar-refractivity contribution in [2.24, 2.45) is 0 Å². The van der Waals surface area contributed by atoms with Crippen LogP contribution in [0.15, 0.2) is 12.4 Å². The molecule has 1 aliphatic rings. The van der Waals surface area contributed by atoms with Crippen LogP contribution in [0.4, 0.5) is 11.6 Å². The summed E-state index contributed by atoms with van der Waals surface area (Å²) < 4.78 is 0. The van der Waals surface area contributed by atoms with Gasteiger partial charge in [0.15, 0.2) is 0 Å². The van der Waals surface area contributed by atoms with Crippen molar-refractivity contribution in [1.82, 2.24) is 9.97 Å². The molecule has 1 saturated heterocycles. The summed E-state index contributed by atoms with van der Waals surface area (Å²) in [6.45, 7) is 5.19. The van der Waals surface area contributed by atoms with Gasteiger partial charge in [0.2, 0.25) is 0 Å². The van der Waals surface area contributed by atoms with E-state index >= 15 is 0 Å². The molecule has 1 aromatic rings. The lowest BCUT2D eigenvalue weighted by Crippen LogP contribution is -2.25. The summed E-state index contributed by atoms with van der Waals surface area (Å²) in [5.41, 5.74) is 0. The summed E-state index contributed by atoms with van der Waals surface area (Å²) in [6.07, 6.45) is 8.88. The molecule has 1 aromatic heterocycles. The average molecular weight is 220 g/mol. The molecule has 0 aromatic carbocycles. The van der Waals surface area contributed by atoms with E-state index in [-0.39, 0.29) is 0 Å². The first kappa shape index (κ1) is 11.2. The third-order valence-electron chi connectivity index (χ3n) is 2.91. The van der Waals surface area contributed by atoms with Gasteiger partial charge in [-0.05, 0) is 19.8 Å². The molecule has 0 aliphatic carbocycles. The molecular formula is C12H20N4. The van der Waals surface area contributed by atoms with E-state index in [0.717, 1.165) is 31.3 Å². The maximum absolute atomic E-state index is 4.58. The molecule has 0 amide bonds. The van der Waals surface area contributed by atoms with Gasteiger partial charge in [-0.25, -0.2) is 4.98 Å². The average Bonchev–Trinajstić information content (AvgIpc) is 2.58. The van der Waals surface area contributed by atoms with Gasteiger partial charge in [-0.2, -0.15) is 0 Å². The van der Waals surface area contributed by atoms with E-state index in [4.69, 9.17) is 0 Å². The van der Waals surface area contributed by atoms with Crippen molar-refractivity contribution in [2.75, 3.05) is 29.9 Å². The summed E-state index contributed by atoms with van der Waals surface area (Å²) >= 11 is 0. The van der Waals surface area contributed by atoms with E-state index in [2.05, 4.69) is 27.1 Å². The van der Waals surface area contributed by atoms with Crippen molar-refractivity contribution in [3.8, 4) is 0 Å². The third kappa shape index (κ3) is 2.84. The van der Waals surface area contributed by atoms with Crippen LogP contribution in [0.5, 0.6) is 0 Å². The number of hydrogen-bond donors (Lipinski definition) is 1. The van der Waals surface area contributed by atoms with Gasteiger partial charge in [-0.3, -0.25) is 4.98 Å². The fourth-order valence-corrected chi connectivity index (χ4v) is 2.07. The second-order valence-corrected chi connectivity index (χ2v) is 4.19. The molecular weight excluding hydrogens is 200 g/mol. The van der Waals surface area contributed by atoms with Crippen molar-refractivity contribution in [3.05, 3.63) is 12.4 Å². The lowest BCUT2D eigenvalue weighted by Gasteiger charge is -2.21. The predicted molar refractivity (Wildman–Crippen MR) is 66.9 cm³/mol. The fraction of sp³-hybridized carbons (Fsp3) is 0.667. The smallest absolute Gasteiger partial charge is 0.149 e. The lowest BCUT2D eigenvalue weighted by atomic mass is 10.2. The van der Waals surface area contributed by atoms with E-state index in [9.17, 15) is 0 Å². The van der Waals surface area contributed by atoms with Crippen molar-refractivity contribution < 1.29 is 0 Å². The van der Waals surface area contributed by atoms with Gasteiger partial charge in [0, 0.05) is 19.6 Å². The number of aromatic nitrogens is 2. The molecule has 0 atom stereocenters. The molecule has 4 heteroatoms. The van der Waals surface area contributed by atoms with Gasteiger partial charge >= 0.3 is 0 Å². The first-order valence-corrected chi connectivity index (χ1v) is 6.21. The Kier molecular flexibility index (Phi) is 3.97. The fourth-order valence-electron chi connectivity index (χ4n) is 2.07. The highest BCUT2D eigenvalue weighted by Gasteiger charge is 2.11. The highest BCUT2D eigenvalue weighted by molar-refractivity contribution is 5.43. The second-order valence-electron chi connectivity index (χ2n) is 4.19. The third-order valence-corrected chi connectivity index (χ3v) is 2.91. The Bertz CT molecular complexity index is 319. The van der Waals surface area contributed by atoms with Crippen LogP contribution < -0.4 is 10.2 Å². The Morgan fingerprint density at radius 3 is 2.62 bits per heavy atom. The van der Waals surface area contributed by atoms with Crippen LogP contribution in [-0.2, 0) is 0 Å². The standard InChI is InChI=1S/C12H20N4/c1-2-14-11-9-13-10-12(15-11)16-7-5-3-4-6-8-16/h9-10H,2-8H2,1H3,(H,14,15). The van der Waals surface area contributed by atoms with Gasteiger partial charge in [0.25, 0.3) is 0 Å². The Labute approximate surface area is 97.1 Å². The monoisotopic (exact) mass is 220 g/mol. The van der Waals surface area contributed by atoms with Crippen LogP contribution in [0.2, 0.25) is 0 Å². The van der Waals surface area contributed by atoms with Crippen molar-refractivity contribution in [1.29, 1.82) is 0 Å². The summed E-state index contributed by atoms with van der Waals surface area (Å²) in [6, 6.07) is 0. The van der Waals surface area contributed by atoms with Crippen LogP contribution >= 0.6 is 0 Å². The van der Waals surface area contributed by atoms with Gasteiger partial charge in [-0.15, -0.1) is 0 Å². The molecule has 16 heavy (non-hydrogen) atoms. The van der Waals surface area contributed by atoms with Crippen LogP contribution in [0.25, 0.3) is 0 Å². The zero-order chi connectivity index (χ0) is 11.2. The quantitative estimate of drug-likeness (QED) is 0.848. The summed E-state index contributed by atoms with van der Waals surface area (Å²) in [5.74, 6) is 1.89. The minimum Gasteiger partial charge on any atom is -0.369 e. The molecule has 0 saturated carbocycles. The van der Waals surface area contributed by atoms with E-state index in [0.29, 0.717) is 0 Å². The topological polar surface area (TPSA) is 41.1 Å². The molecule has 2 heterocycles. The summed E-state index contributed by atoms with van der Waals surface area (Å²) in [5, 5.41) is 3.20. The molecule has 1 aliphatic heterocycles. The molecule has 1 N–H and O–H groups in total. The molecule has 1 fully saturated rings. The maximum atomic E-state index is 4.58. The molecule has 0 spiro atoms. The lowest BCUT2D eigenvalue weighted by molar-refractivity contribution is 0.726. The van der Waals surface area contributed by atoms with E-state index < -0.39 is 0 Å². The molecule has 2 rings (SSSR count). The van der Waals surface area contributed by atoms with Gasteiger partial charge in [0.1, 0.15) is 11.6 Å². The van der Waals surface area contributed by atoms with E-state index in [1.165, 1.54) is 25.7 Å². The number of rotatable bonds is 3. The van der Waals surface area contributed by atoms with Gasteiger partial charge in [0.05, 0.1) is 12.4 Å². The van der Waals surface area contributed by atoms with Crippen molar-refractivity contribution >= 4 is 11.6 Å². The number of hydrogen-bond acceptors (Lipinski definition) is 4. The summed E-state index contributed by atoms with van der Waals surface area (Å²) in [4.78, 5) is 11.2. The Hall–Kier alpha value is -1.32. The Morgan fingerprint density at radius 2 is 1.94 bits per heavy atom. The Morgan fingerprint density at radius 1 is 1.19 bits per heavy atom. The SMILES string of the molecule is CCNc1cncc(N2CCCCCC2)n1. The maximum Gasteiger partial charge on any atom is 0.149 e. The van der Waals surface area contributed by atoms with Crippen LogP contribution in [0.1, 0.15) is 32.6 Å². The first-order valence-electron chi connectivity index (χ1n) is 6.21. The molecule has 4 nitrogen and oxygen atoms in total. The molecule has 0 unspecified atom stereocenters. The molecule has 0 radical (unpaired) electrons. The van der Waals surface area contributed by atoms with Gasteiger partial charge < -0.3 is 10.2 Å². The number of anilines is 2. The van der Waals surface area contributed by atoms with Crippen molar-refractivity contribution in [2.45, 2.75) is 32.6 Å². The normalized spacial score (nSPS) is 16.9. The highest BCUT2D eigenvalue weighted by Crippen LogP contribution is 2.17. The first-order chi connectivity index (χ1) is 7.90. The zero-order valence-electron chi connectivity index (χ0n) is 9.95. The van der Waals surface area contributed by atoms with Crippen molar-refractivity contribution in [3.63, 3.8) is 0 Å². The van der Waals surface area contributed by atoms with Crippen LogP contribution in [0, 0.1) is 0 Å². The number of nitrogens with one attached hydrogen (secondary N) is 1. The largest absolute Gasteiger partial charge is 0.369 e. The second kappa shape index (κ2) is 5.68. The minimum absolute atomic E-state index is 0.879. The molecule has 88 valence electrons. The van der Waals surface area contributed by atoms with Crippen LogP contribution in [0.3, 0.4) is 0 Å². The van der Waals surface area contributed by atoms with E-state index in [1.807, 2.05) is 6.20 Å². The van der Waals surface area contributed by atoms with Gasteiger partial charge in [-0.1, -0.05) is 12.8 Å². The predicted octanol–water partition coefficient (Wildman–Crippen LogP) is 2.29. The Balaban J connectivity index is 2.08. The van der Waals surface area contributed by atoms with E-state index in [1.54, 1.807) is 6.20 Å². The minimum atomic E-state index is 0.879. The van der Waals surface area contributed by atoms with Crippen LogP contribution in [-0.4, -0.2) is 29.6 Å². The zero-order valence-corrected chi connectivity index (χ0v) is 9.95. The summed E-state index contributed by atoms with van der Waals surface area (Å²) in [7, 11) is 0.